The van der Waals surface area contributed by atoms with Crippen molar-refractivity contribution < 1.29 is 9.47 Å². The van der Waals surface area contributed by atoms with Crippen molar-refractivity contribution in [3.63, 3.8) is 0 Å². The van der Waals surface area contributed by atoms with Crippen molar-refractivity contribution in [2.45, 2.75) is 20.3 Å². The highest BCUT2D eigenvalue weighted by Gasteiger charge is 2.31. The molecule has 3 aromatic rings. The maximum atomic E-state index is 5.41. The molecular weight excluding hydrogens is 334 g/mol. The second-order valence-corrected chi connectivity index (χ2v) is 7.09. The molecule has 0 bridgehead atoms. The lowest BCUT2D eigenvalue weighted by molar-refractivity contribution is 0.353. The summed E-state index contributed by atoms with van der Waals surface area (Å²) in [4.78, 5) is 19.6. The van der Waals surface area contributed by atoms with Crippen molar-refractivity contribution >= 4 is 11.6 Å². The van der Waals surface area contributed by atoms with E-state index in [-0.39, 0.29) is 11.4 Å². The largest absolute Gasteiger partial charge is 0.480 e. The molecule has 26 heavy (non-hydrogen) atoms. The minimum absolute atomic E-state index is 0.246. The summed E-state index contributed by atoms with van der Waals surface area (Å²) in [6, 6.07) is 2.23. The SMILES string of the molecule is COc1ncc(-c2cc(N3CCC(C)(C)C3)n3ncnc3n2)c(OC)n1. The lowest BCUT2D eigenvalue weighted by atomic mass is 9.93. The van der Waals surface area contributed by atoms with Gasteiger partial charge in [-0.3, -0.25) is 0 Å². The Kier molecular flexibility index (Phi) is 3.86. The van der Waals surface area contributed by atoms with E-state index in [1.165, 1.54) is 13.4 Å². The zero-order valence-corrected chi connectivity index (χ0v) is 15.3. The molecule has 1 aliphatic heterocycles. The average molecular weight is 355 g/mol. The molecule has 1 fully saturated rings. The molecule has 0 amide bonds. The van der Waals surface area contributed by atoms with Crippen LogP contribution in [0.3, 0.4) is 0 Å². The van der Waals surface area contributed by atoms with Crippen LogP contribution in [0.2, 0.25) is 0 Å². The van der Waals surface area contributed by atoms with Crippen LogP contribution in [-0.4, -0.2) is 56.9 Å². The average Bonchev–Trinajstić information content (AvgIpc) is 3.26. The monoisotopic (exact) mass is 355 g/mol. The van der Waals surface area contributed by atoms with Gasteiger partial charge in [-0.1, -0.05) is 13.8 Å². The first-order valence-corrected chi connectivity index (χ1v) is 8.42. The molecule has 0 spiro atoms. The number of ether oxygens (including phenoxy) is 2. The van der Waals surface area contributed by atoms with Gasteiger partial charge in [0.05, 0.1) is 25.5 Å². The molecule has 0 aromatic carbocycles. The summed E-state index contributed by atoms with van der Waals surface area (Å²) in [6.45, 7) is 6.45. The highest BCUT2D eigenvalue weighted by Crippen LogP contribution is 2.35. The molecule has 4 rings (SSSR count). The van der Waals surface area contributed by atoms with Gasteiger partial charge in [-0.25, -0.2) is 9.97 Å². The predicted octanol–water partition coefficient (Wildman–Crippen LogP) is 1.83. The summed E-state index contributed by atoms with van der Waals surface area (Å²) in [5, 5.41) is 4.33. The van der Waals surface area contributed by atoms with Crippen LogP contribution in [0.5, 0.6) is 11.9 Å². The number of hydrogen-bond acceptors (Lipinski definition) is 8. The second-order valence-electron chi connectivity index (χ2n) is 7.09. The first-order chi connectivity index (χ1) is 12.5. The predicted molar refractivity (Wildman–Crippen MR) is 95.5 cm³/mol. The number of aromatic nitrogens is 6. The van der Waals surface area contributed by atoms with Gasteiger partial charge in [0, 0.05) is 25.4 Å². The molecule has 0 atom stereocenters. The van der Waals surface area contributed by atoms with Crippen molar-refractivity contribution in [1.82, 2.24) is 29.5 Å². The summed E-state index contributed by atoms with van der Waals surface area (Å²) in [5.74, 6) is 1.88. The number of rotatable bonds is 4. The van der Waals surface area contributed by atoms with Crippen LogP contribution in [0, 0.1) is 5.41 Å². The Morgan fingerprint density at radius 1 is 1.12 bits per heavy atom. The minimum atomic E-state index is 0.246. The van der Waals surface area contributed by atoms with Crippen LogP contribution in [0.4, 0.5) is 5.82 Å². The lowest BCUT2D eigenvalue weighted by Crippen LogP contribution is -2.25. The zero-order valence-electron chi connectivity index (χ0n) is 15.3. The Morgan fingerprint density at radius 2 is 1.96 bits per heavy atom. The summed E-state index contributed by atoms with van der Waals surface area (Å²) in [5.41, 5.74) is 1.63. The Labute approximate surface area is 151 Å². The molecule has 136 valence electrons. The summed E-state index contributed by atoms with van der Waals surface area (Å²) in [7, 11) is 3.08. The molecular formula is C17H21N7O2. The van der Waals surface area contributed by atoms with E-state index in [9.17, 15) is 0 Å². The van der Waals surface area contributed by atoms with E-state index in [0.29, 0.717) is 22.9 Å². The number of hydrogen-bond donors (Lipinski definition) is 0. The van der Waals surface area contributed by atoms with Gasteiger partial charge < -0.3 is 14.4 Å². The quantitative estimate of drug-likeness (QED) is 0.700. The number of fused-ring (bicyclic) bond motifs is 1. The van der Waals surface area contributed by atoms with Gasteiger partial charge in [-0.2, -0.15) is 19.6 Å². The van der Waals surface area contributed by atoms with Crippen LogP contribution in [-0.2, 0) is 0 Å². The fourth-order valence-corrected chi connectivity index (χ4v) is 3.25. The van der Waals surface area contributed by atoms with E-state index in [0.717, 1.165) is 25.3 Å². The lowest BCUT2D eigenvalue weighted by Gasteiger charge is -2.22. The number of methoxy groups -OCH3 is 2. The standard InChI is InChI=1S/C17H21N7O2/c1-17(2)5-6-23(9-17)13-7-12(21-15-19-10-20-24(13)15)11-8-18-16(26-4)22-14(11)25-3/h7-8,10H,5-6,9H2,1-4H3. The Bertz CT molecular complexity index is 953. The molecule has 4 heterocycles. The van der Waals surface area contributed by atoms with Gasteiger partial charge in [-0.15, -0.1) is 0 Å². The summed E-state index contributed by atoms with van der Waals surface area (Å²) < 4.78 is 12.2. The van der Waals surface area contributed by atoms with Crippen LogP contribution >= 0.6 is 0 Å². The normalized spacial score (nSPS) is 16.2. The van der Waals surface area contributed by atoms with Gasteiger partial charge >= 0.3 is 6.01 Å². The number of anilines is 1. The topological polar surface area (TPSA) is 90.6 Å². The van der Waals surface area contributed by atoms with Crippen LogP contribution in [0.15, 0.2) is 18.6 Å². The van der Waals surface area contributed by atoms with Crippen molar-refractivity contribution in [2.24, 2.45) is 5.41 Å². The van der Waals surface area contributed by atoms with E-state index in [4.69, 9.17) is 9.47 Å². The summed E-state index contributed by atoms with van der Waals surface area (Å²) in [6.07, 6.45) is 4.28. The molecule has 0 saturated carbocycles. The third kappa shape index (κ3) is 2.79. The Morgan fingerprint density at radius 3 is 2.65 bits per heavy atom. The van der Waals surface area contributed by atoms with E-state index >= 15 is 0 Å². The molecule has 1 saturated heterocycles. The molecule has 9 heteroatoms. The fraction of sp³-hybridized carbons (Fsp3) is 0.471. The molecule has 1 aliphatic rings. The van der Waals surface area contributed by atoms with Gasteiger partial charge in [0.15, 0.2) is 0 Å². The van der Waals surface area contributed by atoms with Crippen LogP contribution in [0.25, 0.3) is 17.0 Å². The smallest absolute Gasteiger partial charge is 0.319 e. The molecule has 3 aromatic heterocycles. The van der Waals surface area contributed by atoms with E-state index in [1.807, 2.05) is 6.07 Å². The van der Waals surface area contributed by atoms with Crippen LogP contribution in [0.1, 0.15) is 20.3 Å². The molecule has 0 N–H and O–H groups in total. The highest BCUT2D eigenvalue weighted by atomic mass is 16.5. The van der Waals surface area contributed by atoms with Gasteiger partial charge in [0.2, 0.25) is 5.88 Å². The molecule has 0 aliphatic carbocycles. The van der Waals surface area contributed by atoms with E-state index < -0.39 is 0 Å². The zero-order chi connectivity index (χ0) is 18.3. The third-order valence-electron chi connectivity index (χ3n) is 4.62. The van der Waals surface area contributed by atoms with Crippen LogP contribution < -0.4 is 14.4 Å². The van der Waals surface area contributed by atoms with Gasteiger partial charge in [0.1, 0.15) is 12.1 Å². The van der Waals surface area contributed by atoms with Gasteiger partial charge in [0.25, 0.3) is 5.78 Å². The van der Waals surface area contributed by atoms with Crippen molar-refractivity contribution in [1.29, 1.82) is 0 Å². The third-order valence-corrected chi connectivity index (χ3v) is 4.62. The first kappa shape index (κ1) is 16.5. The van der Waals surface area contributed by atoms with Crippen molar-refractivity contribution in [3.05, 3.63) is 18.6 Å². The molecule has 0 unspecified atom stereocenters. The second kappa shape index (κ2) is 6.08. The minimum Gasteiger partial charge on any atom is -0.480 e. The summed E-state index contributed by atoms with van der Waals surface area (Å²) >= 11 is 0. The first-order valence-electron chi connectivity index (χ1n) is 8.42. The Hall–Kier alpha value is -2.97. The van der Waals surface area contributed by atoms with Crippen molar-refractivity contribution in [2.75, 3.05) is 32.2 Å². The Balaban J connectivity index is 1.85. The van der Waals surface area contributed by atoms with E-state index in [2.05, 4.69) is 43.8 Å². The maximum Gasteiger partial charge on any atom is 0.319 e. The fourth-order valence-electron chi connectivity index (χ4n) is 3.25. The number of nitrogens with zero attached hydrogens (tertiary/aromatic N) is 7. The highest BCUT2D eigenvalue weighted by molar-refractivity contribution is 5.69. The maximum absolute atomic E-state index is 5.41. The van der Waals surface area contributed by atoms with Crippen molar-refractivity contribution in [3.8, 4) is 23.1 Å². The molecule has 0 radical (unpaired) electrons. The van der Waals surface area contributed by atoms with Gasteiger partial charge in [-0.05, 0) is 11.8 Å². The van der Waals surface area contributed by atoms with E-state index in [1.54, 1.807) is 17.8 Å². The molecule has 9 nitrogen and oxygen atoms in total.